The van der Waals surface area contributed by atoms with Crippen molar-refractivity contribution in [1.29, 1.82) is 21.0 Å². The van der Waals surface area contributed by atoms with Crippen molar-refractivity contribution < 1.29 is 0 Å². The molecule has 0 amide bonds. The molecule has 7 heterocycles. The van der Waals surface area contributed by atoms with E-state index in [1.165, 1.54) is 164 Å². The molecule has 0 bridgehead atoms. The molecular formula is C54H58N4S6Si. The molecule has 6 aromatic rings. The van der Waals surface area contributed by atoms with E-state index in [0.717, 1.165) is 20.9 Å². The first kappa shape index (κ1) is 48.8. The fourth-order valence-electron chi connectivity index (χ4n) is 9.18. The van der Waals surface area contributed by atoms with Crippen molar-refractivity contribution in [3.63, 3.8) is 0 Å². The van der Waals surface area contributed by atoms with Gasteiger partial charge < -0.3 is 0 Å². The molecule has 7 rings (SSSR count). The van der Waals surface area contributed by atoms with Crippen LogP contribution >= 0.6 is 68.0 Å². The van der Waals surface area contributed by atoms with Gasteiger partial charge in [0, 0.05) is 58.5 Å². The normalized spacial score (nSPS) is 12.2. The summed E-state index contributed by atoms with van der Waals surface area (Å²) in [6.45, 7) is 8.34. The van der Waals surface area contributed by atoms with Crippen LogP contribution < -0.4 is 10.4 Å². The smallest absolute Gasteiger partial charge is 0.133 e. The first-order valence-electron chi connectivity index (χ1n) is 23.5. The van der Waals surface area contributed by atoms with Crippen molar-refractivity contribution in [3.05, 3.63) is 81.6 Å². The van der Waals surface area contributed by atoms with E-state index in [9.17, 15) is 21.0 Å². The third-order valence-electron chi connectivity index (χ3n) is 12.9. The Balaban J connectivity index is 1.23. The Kier molecular flexibility index (Phi) is 17.7. The lowest BCUT2D eigenvalue weighted by Crippen LogP contribution is -2.54. The second-order valence-corrected chi connectivity index (χ2v) is 28.0. The minimum atomic E-state index is -2.11. The van der Waals surface area contributed by atoms with E-state index in [1.807, 2.05) is 71.3 Å². The lowest BCUT2D eigenvalue weighted by Gasteiger charge is -2.29. The minimum Gasteiger partial charge on any atom is -0.192 e. The van der Waals surface area contributed by atoms with Crippen LogP contribution in [0.3, 0.4) is 0 Å². The monoisotopic (exact) mass is 982 g/mol. The third-order valence-corrected chi connectivity index (χ3v) is 26.4. The van der Waals surface area contributed by atoms with E-state index >= 15 is 0 Å². The predicted octanol–water partition coefficient (Wildman–Crippen LogP) is 18.2. The lowest BCUT2D eigenvalue weighted by atomic mass is 10.1. The van der Waals surface area contributed by atoms with Crippen molar-refractivity contribution >= 4 is 97.6 Å². The zero-order valence-corrected chi connectivity index (χ0v) is 44.1. The molecule has 0 aliphatic carbocycles. The van der Waals surface area contributed by atoms with E-state index in [2.05, 4.69) is 86.7 Å². The van der Waals surface area contributed by atoms with Crippen molar-refractivity contribution in [2.75, 3.05) is 0 Å². The Labute approximate surface area is 412 Å². The van der Waals surface area contributed by atoms with Gasteiger partial charge in [0.25, 0.3) is 0 Å². The molecule has 0 N–H and O–H groups in total. The van der Waals surface area contributed by atoms with Crippen LogP contribution in [0.5, 0.6) is 0 Å². The molecule has 334 valence electrons. The van der Waals surface area contributed by atoms with E-state index in [1.54, 1.807) is 33.0 Å². The van der Waals surface area contributed by atoms with Crippen molar-refractivity contribution in [3.8, 4) is 73.0 Å². The van der Waals surface area contributed by atoms with Crippen molar-refractivity contribution in [1.82, 2.24) is 0 Å². The molecule has 0 aromatic carbocycles. The van der Waals surface area contributed by atoms with Gasteiger partial charge in [-0.1, -0.05) is 117 Å². The summed E-state index contributed by atoms with van der Waals surface area (Å²) in [4.78, 5) is 15.2. The maximum absolute atomic E-state index is 9.49. The highest BCUT2D eigenvalue weighted by Crippen LogP contribution is 2.50. The highest BCUT2D eigenvalue weighted by Gasteiger charge is 2.47. The summed E-state index contributed by atoms with van der Waals surface area (Å²) in [6.07, 6.45) is 21.4. The molecular weight excluding hydrogens is 925 g/mol. The van der Waals surface area contributed by atoms with E-state index in [-0.39, 0.29) is 11.1 Å². The van der Waals surface area contributed by atoms with Gasteiger partial charge in [-0.2, -0.15) is 21.0 Å². The second kappa shape index (κ2) is 23.5. The number of unbranched alkanes of at least 4 members (excludes halogenated alkanes) is 14. The zero-order valence-electron chi connectivity index (χ0n) is 38.2. The second-order valence-electron chi connectivity index (χ2n) is 17.3. The quantitative estimate of drug-likeness (QED) is 0.0343. The van der Waals surface area contributed by atoms with Crippen molar-refractivity contribution in [2.45, 2.75) is 143 Å². The maximum atomic E-state index is 9.49. The Morgan fingerprint density at radius 1 is 0.400 bits per heavy atom. The molecule has 1 aliphatic rings. The summed E-state index contributed by atoms with van der Waals surface area (Å²) in [6, 6.07) is 33.6. The lowest BCUT2D eigenvalue weighted by molar-refractivity contribution is 0.580. The highest BCUT2D eigenvalue weighted by atomic mass is 32.1. The van der Waals surface area contributed by atoms with E-state index in [4.69, 9.17) is 0 Å². The van der Waals surface area contributed by atoms with E-state index < -0.39 is 8.07 Å². The molecule has 0 atom stereocenters. The summed E-state index contributed by atoms with van der Waals surface area (Å²) >= 11 is 11.1. The molecule has 11 heteroatoms. The van der Waals surface area contributed by atoms with Crippen LogP contribution in [0.25, 0.3) is 59.9 Å². The number of hydrogen-bond donors (Lipinski definition) is 0. The van der Waals surface area contributed by atoms with E-state index in [0.29, 0.717) is 0 Å². The number of fused-ring (bicyclic) bond motifs is 3. The molecule has 65 heavy (non-hydrogen) atoms. The van der Waals surface area contributed by atoms with Crippen LogP contribution in [0.2, 0.25) is 12.1 Å². The summed E-state index contributed by atoms with van der Waals surface area (Å²) in [7, 11) is -2.11. The van der Waals surface area contributed by atoms with Crippen LogP contribution in [0.15, 0.2) is 71.8 Å². The number of nitriles is 4. The molecule has 0 radical (unpaired) electrons. The molecule has 1 aliphatic heterocycles. The van der Waals surface area contributed by atoms with Gasteiger partial charge in [-0.3, -0.25) is 0 Å². The van der Waals surface area contributed by atoms with Crippen LogP contribution in [0.4, 0.5) is 0 Å². The topological polar surface area (TPSA) is 95.2 Å². The number of rotatable bonds is 24. The Bertz CT molecular complexity index is 2580. The fourth-order valence-corrected chi connectivity index (χ4v) is 23.0. The predicted molar refractivity (Wildman–Crippen MR) is 288 cm³/mol. The van der Waals surface area contributed by atoms with Crippen molar-refractivity contribution in [2.24, 2.45) is 0 Å². The summed E-state index contributed by atoms with van der Waals surface area (Å²) < 4.78 is 0. The first-order valence-corrected chi connectivity index (χ1v) is 30.8. The standard InChI is InChI=1S/C54H58N4S6Si/c1-5-7-9-11-13-15-17-19-29-65(30-20-18-16-14-12-10-8-6-2)51-31-49(47-27-25-45(61-47)43-23-21-41(59-43)37(3)39(33-55)34-56)63-53(51)54-52(65)32-50(64-54)48-28-26-46(62-48)44-24-22-42(60-44)38(4)40(35-57)36-58/h21-28,31-32H,5-20,29-30H2,1-4H3. The Hall–Kier alpha value is -4.14. The third kappa shape index (κ3) is 11.2. The molecule has 0 saturated carbocycles. The molecule has 6 aromatic heterocycles. The Morgan fingerprint density at radius 3 is 1.06 bits per heavy atom. The van der Waals surface area contributed by atoms with Crippen LogP contribution in [-0.4, -0.2) is 8.07 Å². The van der Waals surface area contributed by atoms with Gasteiger partial charge in [0.1, 0.15) is 43.5 Å². The molecule has 0 spiro atoms. The van der Waals surface area contributed by atoms with Crippen LogP contribution in [0, 0.1) is 45.3 Å². The average Bonchev–Trinajstić information content (AvgIpc) is 4.18. The number of hydrogen-bond acceptors (Lipinski definition) is 10. The minimum absolute atomic E-state index is 0.175. The molecule has 4 nitrogen and oxygen atoms in total. The van der Waals surface area contributed by atoms with Gasteiger partial charge in [0.05, 0.1) is 0 Å². The average molecular weight is 984 g/mol. The maximum Gasteiger partial charge on any atom is 0.133 e. The summed E-state index contributed by atoms with van der Waals surface area (Å²) in [5.74, 6) is 0. The highest BCUT2D eigenvalue weighted by molar-refractivity contribution is 7.34. The molecule has 0 unspecified atom stereocenters. The zero-order chi connectivity index (χ0) is 45.8. The van der Waals surface area contributed by atoms with Gasteiger partial charge in [-0.25, -0.2) is 0 Å². The molecule has 0 fully saturated rings. The Morgan fingerprint density at radius 2 is 0.708 bits per heavy atom. The van der Waals surface area contributed by atoms with Crippen LogP contribution in [-0.2, 0) is 0 Å². The van der Waals surface area contributed by atoms with Gasteiger partial charge in [0.15, 0.2) is 0 Å². The number of thiophene rings is 6. The van der Waals surface area contributed by atoms with Crippen LogP contribution in [0.1, 0.15) is 140 Å². The van der Waals surface area contributed by atoms with Gasteiger partial charge >= 0.3 is 0 Å². The van der Waals surface area contributed by atoms with Gasteiger partial charge in [-0.05, 0) is 108 Å². The number of allylic oxidation sites excluding steroid dienone is 4. The SMILES string of the molecule is CCCCCCCCCC[Si]1(CCCCCCCCCC)c2cc(-c3ccc(-c4ccc(C(C)=C(C#N)C#N)s4)s3)sc2-c2sc(-c3ccc(-c4ccc(C(C)=C(C#N)C#N)s4)s3)cc21. The largest absolute Gasteiger partial charge is 0.192 e. The summed E-state index contributed by atoms with van der Waals surface area (Å²) in [5.41, 5.74) is 1.83. The number of nitrogens with zero attached hydrogens (tertiary/aromatic N) is 4. The van der Waals surface area contributed by atoms with Gasteiger partial charge in [-0.15, -0.1) is 68.0 Å². The summed E-state index contributed by atoms with van der Waals surface area (Å²) in [5, 5.41) is 41.3. The fraction of sp³-hybridized carbons (Fsp3) is 0.407. The first-order chi connectivity index (χ1) is 31.8. The molecule has 0 saturated heterocycles. The van der Waals surface area contributed by atoms with Gasteiger partial charge in [0.2, 0.25) is 0 Å².